The van der Waals surface area contributed by atoms with Crippen LogP contribution in [0, 0.1) is 11.6 Å². The molecule has 5 nitrogen and oxygen atoms in total. The van der Waals surface area contributed by atoms with Gasteiger partial charge in [0, 0.05) is 17.8 Å². The Morgan fingerprint density at radius 3 is 2.32 bits per heavy atom. The van der Waals surface area contributed by atoms with Crippen LogP contribution in [0.2, 0.25) is 0 Å². The van der Waals surface area contributed by atoms with E-state index >= 15 is 0 Å². The number of anilines is 2. The van der Waals surface area contributed by atoms with E-state index in [-0.39, 0.29) is 5.69 Å². The molecule has 2 amide bonds. The van der Waals surface area contributed by atoms with Gasteiger partial charge >= 0.3 is 6.03 Å². The zero-order valence-electron chi connectivity index (χ0n) is 11.9. The lowest BCUT2D eigenvalue weighted by Gasteiger charge is -2.11. The third kappa shape index (κ3) is 3.63. The van der Waals surface area contributed by atoms with Gasteiger partial charge in [-0.25, -0.2) is 13.6 Å². The number of rotatable bonds is 4. The maximum atomic E-state index is 13.4. The van der Waals surface area contributed by atoms with Crippen LogP contribution in [0.3, 0.4) is 0 Å². The molecule has 0 aromatic heterocycles. The van der Waals surface area contributed by atoms with Crippen LogP contribution in [0.15, 0.2) is 36.4 Å². The number of urea groups is 1. The summed E-state index contributed by atoms with van der Waals surface area (Å²) in [7, 11) is 2.96. The fourth-order valence-corrected chi connectivity index (χ4v) is 1.79. The molecule has 0 spiro atoms. The molecule has 0 unspecified atom stereocenters. The molecule has 0 fully saturated rings. The van der Waals surface area contributed by atoms with E-state index in [9.17, 15) is 13.6 Å². The summed E-state index contributed by atoms with van der Waals surface area (Å²) < 4.78 is 36.4. The van der Waals surface area contributed by atoms with E-state index in [0.29, 0.717) is 23.3 Å². The molecule has 0 bridgehead atoms. The van der Waals surface area contributed by atoms with E-state index in [1.165, 1.54) is 14.2 Å². The number of benzene rings is 2. The normalized spacial score (nSPS) is 10.0. The van der Waals surface area contributed by atoms with Crippen LogP contribution in [-0.4, -0.2) is 20.3 Å². The number of hydrogen-bond acceptors (Lipinski definition) is 3. The van der Waals surface area contributed by atoms with Crippen molar-refractivity contribution in [2.24, 2.45) is 0 Å². The van der Waals surface area contributed by atoms with Crippen molar-refractivity contribution in [1.82, 2.24) is 0 Å². The van der Waals surface area contributed by atoms with Gasteiger partial charge in [-0.3, -0.25) is 0 Å². The Hall–Kier alpha value is -2.83. The van der Waals surface area contributed by atoms with Crippen molar-refractivity contribution in [2.45, 2.75) is 0 Å². The van der Waals surface area contributed by atoms with E-state index in [1.54, 1.807) is 18.2 Å². The van der Waals surface area contributed by atoms with E-state index in [0.717, 1.165) is 12.1 Å². The Kier molecular flexibility index (Phi) is 4.77. The Balaban J connectivity index is 2.08. The monoisotopic (exact) mass is 308 g/mol. The minimum absolute atomic E-state index is 0.126. The maximum absolute atomic E-state index is 13.4. The summed E-state index contributed by atoms with van der Waals surface area (Å²) in [5.41, 5.74) is 0.303. The molecule has 0 heterocycles. The van der Waals surface area contributed by atoms with Gasteiger partial charge < -0.3 is 20.1 Å². The third-order valence-electron chi connectivity index (χ3n) is 2.82. The number of ether oxygens (including phenoxy) is 2. The van der Waals surface area contributed by atoms with Crippen LogP contribution >= 0.6 is 0 Å². The first kappa shape index (κ1) is 15.6. The first-order valence-electron chi connectivity index (χ1n) is 6.28. The summed E-state index contributed by atoms with van der Waals surface area (Å²) in [5.74, 6) is -0.628. The molecule has 0 saturated carbocycles. The van der Waals surface area contributed by atoms with Gasteiger partial charge in [-0.1, -0.05) is 0 Å². The van der Waals surface area contributed by atoms with Crippen molar-refractivity contribution in [1.29, 1.82) is 0 Å². The number of nitrogens with one attached hydrogen (secondary N) is 2. The number of hydrogen-bond donors (Lipinski definition) is 2. The molecule has 2 rings (SSSR count). The third-order valence-corrected chi connectivity index (χ3v) is 2.82. The lowest BCUT2D eigenvalue weighted by Crippen LogP contribution is -2.20. The van der Waals surface area contributed by atoms with Crippen molar-refractivity contribution in [3.63, 3.8) is 0 Å². The van der Waals surface area contributed by atoms with E-state index in [1.807, 2.05) is 0 Å². The van der Waals surface area contributed by atoms with Crippen LogP contribution in [0.4, 0.5) is 25.0 Å². The molecule has 2 aromatic carbocycles. The topological polar surface area (TPSA) is 59.6 Å². The molecule has 0 aliphatic heterocycles. The molecule has 116 valence electrons. The minimum atomic E-state index is -0.859. The molecule has 0 atom stereocenters. The van der Waals surface area contributed by atoms with Gasteiger partial charge in [0.2, 0.25) is 0 Å². The van der Waals surface area contributed by atoms with E-state index in [4.69, 9.17) is 9.47 Å². The highest BCUT2D eigenvalue weighted by atomic mass is 19.1. The molecule has 2 N–H and O–H groups in total. The average molecular weight is 308 g/mol. The second-order valence-electron chi connectivity index (χ2n) is 4.27. The summed E-state index contributed by atoms with van der Waals surface area (Å²) in [4.78, 5) is 11.8. The second kappa shape index (κ2) is 6.75. The molecule has 0 saturated heterocycles. The molecule has 0 aliphatic rings. The van der Waals surface area contributed by atoms with Crippen LogP contribution in [0.5, 0.6) is 11.5 Å². The Morgan fingerprint density at radius 2 is 1.68 bits per heavy atom. The maximum Gasteiger partial charge on any atom is 0.323 e. The standard InChI is InChI=1S/C15H14F2N2O3/c1-21-13-6-4-10(8-14(13)22-2)18-15(20)19-12-5-3-9(16)7-11(12)17/h3-8H,1-2H3,(H2,18,19,20). The summed E-state index contributed by atoms with van der Waals surface area (Å²) in [6, 6.07) is 6.98. The number of amides is 2. The van der Waals surface area contributed by atoms with Gasteiger partial charge in [0.1, 0.15) is 11.6 Å². The smallest absolute Gasteiger partial charge is 0.323 e. The Morgan fingerprint density at radius 1 is 0.955 bits per heavy atom. The van der Waals surface area contributed by atoms with Gasteiger partial charge in [-0.2, -0.15) is 0 Å². The lowest BCUT2D eigenvalue weighted by molar-refractivity contribution is 0.262. The molecule has 2 aromatic rings. The van der Waals surface area contributed by atoms with Crippen LogP contribution in [-0.2, 0) is 0 Å². The summed E-state index contributed by atoms with van der Waals surface area (Å²) in [6.45, 7) is 0. The summed E-state index contributed by atoms with van der Waals surface area (Å²) >= 11 is 0. The zero-order chi connectivity index (χ0) is 16.1. The van der Waals surface area contributed by atoms with Gasteiger partial charge in [0.25, 0.3) is 0 Å². The highest BCUT2D eigenvalue weighted by Gasteiger charge is 2.10. The predicted molar refractivity (Wildman–Crippen MR) is 78.5 cm³/mol. The minimum Gasteiger partial charge on any atom is -0.493 e. The first-order chi connectivity index (χ1) is 10.5. The van der Waals surface area contributed by atoms with Gasteiger partial charge in [0.05, 0.1) is 19.9 Å². The van der Waals surface area contributed by atoms with Crippen molar-refractivity contribution >= 4 is 17.4 Å². The quantitative estimate of drug-likeness (QED) is 0.907. The highest BCUT2D eigenvalue weighted by molar-refractivity contribution is 6.00. The Labute approximate surface area is 125 Å². The molecule has 0 radical (unpaired) electrons. The highest BCUT2D eigenvalue weighted by Crippen LogP contribution is 2.29. The van der Waals surface area contributed by atoms with E-state index < -0.39 is 17.7 Å². The molecule has 22 heavy (non-hydrogen) atoms. The van der Waals surface area contributed by atoms with Crippen molar-refractivity contribution in [3.05, 3.63) is 48.0 Å². The van der Waals surface area contributed by atoms with Gasteiger partial charge in [0.15, 0.2) is 11.5 Å². The average Bonchev–Trinajstić information content (AvgIpc) is 2.50. The molecule has 7 heteroatoms. The summed E-state index contributed by atoms with van der Waals surface area (Å²) in [5, 5.41) is 4.80. The van der Waals surface area contributed by atoms with Gasteiger partial charge in [-0.15, -0.1) is 0 Å². The van der Waals surface area contributed by atoms with Crippen molar-refractivity contribution in [2.75, 3.05) is 24.9 Å². The largest absolute Gasteiger partial charge is 0.493 e. The Bertz CT molecular complexity index is 692. The fraction of sp³-hybridized carbons (Fsp3) is 0.133. The molecular formula is C15H14F2N2O3. The molecule has 0 aliphatic carbocycles. The van der Waals surface area contributed by atoms with Crippen LogP contribution in [0.1, 0.15) is 0 Å². The fourth-order valence-electron chi connectivity index (χ4n) is 1.79. The number of methoxy groups -OCH3 is 2. The second-order valence-corrected chi connectivity index (χ2v) is 4.27. The SMILES string of the molecule is COc1ccc(NC(=O)Nc2ccc(F)cc2F)cc1OC. The number of halogens is 2. The van der Waals surface area contributed by atoms with Crippen molar-refractivity contribution in [3.8, 4) is 11.5 Å². The first-order valence-corrected chi connectivity index (χ1v) is 6.28. The zero-order valence-corrected chi connectivity index (χ0v) is 11.9. The number of carbonyl (C=O) groups is 1. The van der Waals surface area contributed by atoms with Crippen molar-refractivity contribution < 1.29 is 23.0 Å². The van der Waals surface area contributed by atoms with Crippen LogP contribution in [0.25, 0.3) is 0 Å². The number of carbonyl (C=O) groups excluding carboxylic acids is 1. The van der Waals surface area contributed by atoms with Gasteiger partial charge in [-0.05, 0) is 24.3 Å². The lowest BCUT2D eigenvalue weighted by atomic mass is 10.2. The molecular weight excluding hydrogens is 294 g/mol. The predicted octanol–water partition coefficient (Wildman–Crippen LogP) is 3.63. The van der Waals surface area contributed by atoms with E-state index in [2.05, 4.69) is 10.6 Å². The van der Waals surface area contributed by atoms with Crippen LogP contribution < -0.4 is 20.1 Å². The summed E-state index contributed by atoms with van der Waals surface area (Å²) in [6.07, 6.45) is 0.